The van der Waals surface area contributed by atoms with Gasteiger partial charge in [0.2, 0.25) is 0 Å². The highest BCUT2D eigenvalue weighted by molar-refractivity contribution is 7.08. The van der Waals surface area contributed by atoms with E-state index in [-0.39, 0.29) is 17.1 Å². The molecule has 6 heteroatoms. The number of piperidine rings is 1. The van der Waals surface area contributed by atoms with Gasteiger partial charge in [-0.2, -0.15) is 11.3 Å². The Morgan fingerprint density at radius 1 is 1.26 bits per heavy atom. The normalized spacial score (nSPS) is 23.1. The average Bonchev–Trinajstić information content (AvgIpc) is 3.34. The smallest absolute Gasteiger partial charge is 0.254 e. The Kier molecular flexibility index (Phi) is 5.19. The van der Waals surface area contributed by atoms with E-state index in [1.165, 1.54) is 6.07 Å². The van der Waals surface area contributed by atoms with E-state index in [2.05, 4.69) is 4.90 Å². The second-order valence-electron chi connectivity index (χ2n) is 7.76. The number of nitrogens with zero attached hydrogens (tertiary/aromatic N) is 2. The Morgan fingerprint density at radius 3 is 2.93 bits per heavy atom. The van der Waals surface area contributed by atoms with Gasteiger partial charge in [-0.3, -0.25) is 9.69 Å². The first kappa shape index (κ1) is 18.4. The van der Waals surface area contributed by atoms with Crippen LogP contribution in [0.2, 0.25) is 0 Å². The summed E-state index contributed by atoms with van der Waals surface area (Å²) in [5, 5.41) is 3.87. The Morgan fingerprint density at radius 2 is 2.15 bits per heavy atom. The molecule has 144 valence electrons. The number of rotatable bonds is 4. The van der Waals surface area contributed by atoms with Gasteiger partial charge in [-0.1, -0.05) is 0 Å². The predicted molar refractivity (Wildman–Crippen MR) is 105 cm³/mol. The van der Waals surface area contributed by atoms with Gasteiger partial charge in [0.1, 0.15) is 11.6 Å². The van der Waals surface area contributed by atoms with E-state index in [0.717, 1.165) is 51.0 Å². The summed E-state index contributed by atoms with van der Waals surface area (Å²) in [5.74, 6) is 0.645. The molecule has 3 heterocycles. The molecule has 27 heavy (non-hydrogen) atoms. The van der Waals surface area contributed by atoms with Crippen molar-refractivity contribution in [3.63, 3.8) is 0 Å². The van der Waals surface area contributed by atoms with Crippen molar-refractivity contribution in [2.24, 2.45) is 5.41 Å². The highest BCUT2D eigenvalue weighted by Crippen LogP contribution is 2.40. The zero-order chi connectivity index (χ0) is 18.9. The van der Waals surface area contributed by atoms with Gasteiger partial charge in [0.15, 0.2) is 0 Å². The molecule has 2 aromatic rings. The van der Waals surface area contributed by atoms with Crippen LogP contribution in [0, 0.1) is 11.2 Å². The van der Waals surface area contributed by atoms with Crippen LogP contribution in [0.25, 0.3) is 0 Å². The Labute approximate surface area is 163 Å². The molecule has 4 rings (SSSR count). The molecule has 1 atom stereocenters. The fourth-order valence-corrected chi connectivity index (χ4v) is 5.13. The van der Waals surface area contributed by atoms with E-state index in [9.17, 15) is 9.18 Å². The lowest BCUT2D eigenvalue weighted by atomic mass is 9.79. The van der Waals surface area contributed by atoms with Crippen LogP contribution in [0.5, 0.6) is 5.75 Å². The fourth-order valence-electron chi connectivity index (χ4n) is 4.50. The lowest BCUT2D eigenvalue weighted by Crippen LogP contribution is -2.45. The van der Waals surface area contributed by atoms with Crippen LogP contribution in [0.15, 0.2) is 35.0 Å². The molecule has 1 spiro atoms. The number of carbonyl (C=O) groups excluding carboxylic acids is 1. The summed E-state index contributed by atoms with van der Waals surface area (Å²) in [4.78, 5) is 17.0. The van der Waals surface area contributed by atoms with Gasteiger partial charge in [-0.05, 0) is 55.5 Å². The molecule has 1 aromatic carbocycles. The third kappa shape index (κ3) is 3.87. The lowest BCUT2D eigenvalue weighted by molar-refractivity contribution is 0.0673. The first-order valence-corrected chi connectivity index (χ1v) is 10.4. The van der Waals surface area contributed by atoms with Crippen molar-refractivity contribution in [2.45, 2.75) is 25.8 Å². The number of carbonyl (C=O) groups is 1. The van der Waals surface area contributed by atoms with Crippen molar-refractivity contribution in [3.05, 3.63) is 52.0 Å². The number of amides is 1. The zero-order valence-corrected chi connectivity index (χ0v) is 16.4. The van der Waals surface area contributed by atoms with Crippen molar-refractivity contribution in [1.82, 2.24) is 9.80 Å². The maximum atomic E-state index is 14.2. The standard InChI is InChI=1S/C21H25FN2O2S/c1-26-18-3-4-19(22)17(11-18)12-23-8-2-6-21(14-23)7-9-24(15-21)20(25)16-5-10-27-13-16/h3-5,10-11,13H,2,6-9,12,14-15H2,1H3/t21-/m1/s1. The summed E-state index contributed by atoms with van der Waals surface area (Å²) in [5.41, 5.74) is 1.61. The molecule has 0 bridgehead atoms. The van der Waals surface area contributed by atoms with Crippen molar-refractivity contribution in [1.29, 1.82) is 0 Å². The maximum Gasteiger partial charge on any atom is 0.254 e. The van der Waals surface area contributed by atoms with Gasteiger partial charge < -0.3 is 9.64 Å². The van der Waals surface area contributed by atoms with Gasteiger partial charge in [-0.25, -0.2) is 4.39 Å². The maximum absolute atomic E-state index is 14.2. The molecule has 0 unspecified atom stereocenters. The van der Waals surface area contributed by atoms with Gasteiger partial charge in [0.05, 0.1) is 12.7 Å². The van der Waals surface area contributed by atoms with Crippen molar-refractivity contribution in [2.75, 3.05) is 33.3 Å². The van der Waals surface area contributed by atoms with Gasteiger partial charge in [0.25, 0.3) is 5.91 Å². The minimum atomic E-state index is -0.184. The van der Waals surface area contributed by atoms with Crippen molar-refractivity contribution in [3.8, 4) is 5.75 Å². The number of likely N-dealkylation sites (tertiary alicyclic amines) is 2. The zero-order valence-electron chi connectivity index (χ0n) is 15.6. The molecule has 1 aromatic heterocycles. The number of methoxy groups -OCH3 is 1. The second-order valence-corrected chi connectivity index (χ2v) is 8.54. The number of benzene rings is 1. The minimum absolute atomic E-state index is 0.138. The van der Waals surface area contributed by atoms with E-state index in [1.54, 1.807) is 30.6 Å². The van der Waals surface area contributed by atoms with Crippen LogP contribution in [0.4, 0.5) is 4.39 Å². The largest absolute Gasteiger partial charge is 0.497 e. The summed E-state index contributed by atoms with van der Waals surface area (Å²) in [6, 6.07) is 6.82. The van der Waals surface area contributed by atoms with Gasteiger partial charge in [0, 0.05) is 42.5 Å². The molecule has 4 nitrogen and oxygen atoms in total. The van der Waals surface area contributed by atoms with Crippen LogP contribution < -0.4 is 4.74 Å². The summed E-state index contributed by atoms with van der Waals surface area (Å²) in [7, 11) is 1.60. The number of hydrogen-bond acceptors (Lipinski definition) is 4. The predicted octanol–water partition coefficient (Wildman–Crippen LogP) is 4.02. The summed E-state index contributed by atoms with van der Waals surface area (Å²) in [6.45, 7) is 4.09. The monoisotopic (exact) mass is 388 g/mol. The number of thiophene rings is 1. The van der Waals surface area contributed by atoms with E-state index in [0.29, 0.717) is 17.9 Å². The van der Waals surface area contributed by atoms with Crippen LogP contribution in [0.1, 0.15) is 35.2 Å². The van der Waals surface area contributed by atoms with E-state index >= 15 is 0 Å². The van der Waals surface area contributed by atoms with Crippen LogP contribution in [-0.2, 0) is 6.54 Å². The van der Waals surface area contributed by atoms with Crippen molar-refractivity contribution >= 4 is 17.2 Å². The molecular formula is C21H25FN2O2S. The number of ether oxygens (including phenoxy) is 1. The first-order valence-electron chi connectivity index (χ1n) is 9.45. The van der Waals surface area contributed by atoms with Crippen LogP contribution in [0.3, 0.4) is 0 Å². The average molecular weight is 389 g/mol. The van der Waals surface area contributed by atoms with Crippen LogP contribution in [-0.4, -0.2) is 49.0 Å². The lowest BCUT2D eigenvalue weighted by Gasteiger charge is -2.40. The molecule has 2 fully saturated rings. The molecule has 0 aliphatic carbocycles. The topological polar surface area (TPSA) is 32.8 Å². The highest BCUT2D eigenvalue weighted by atomic mass is 32.1. The Balaban J connectivity index is 1.43. The second kappa shape index (κ2) is 7.60. The van der Waals surface area contributed by atoms with Crippen molar-refractivity contribution < 1.29 is 13.9 Å². The summed E-state index contributed by atoms with van der Waals surface area (Å²) >= 11 is 1.56. The third-order valence-corrected chi connectivity index (χ3v) is 6.56. The van der Waals surface area contributed by atoms with Crippen LogP contribution >= 0.6 is 11.3 Å². The summed E-state index contributed by atoms with van der Waals surface area (Å²) < 4.78 is 19.5. The minimum Gasteiger partial charge on any atom is -0.497 e. The third-order valence-electron chi connectivity index (χ3n) is 5.88. The summed E-state index contributed by atoms with van der Waals surface area (Å²) in [6.07, 6.45) is 3.25. The molecule has 2 aliphatic heterocycles. The van der Waals surface area contributed by atoms with E-state index < -0.39 is 0 Å². The van der Waals surface area contributed by atoms with E-state index in [1.807, 2.05) is 21.7 Å². The molecule has 2 aliphatic rings. The first-order chi connectivity index (χ1) is 13.1. The molecule has 2 saturated heterocycles. The molecular weight excluding hydrogens is 363 g/mol. The molecule has 0 radical (unpaired) electrons. The number of halogens is 1. The van der Waals surface area contributed by atoms with Gasteiger partial charge in [-0.15, -0.1) is 0 Å². The molecule has 0 saturated carbocycles. The number of hydrogen-bond donors (Lipinski definition) is 0. The Bertz CT molecular complexity index is 811. The molecule has 1 amide bonds. The van der Waals surface area contributed by atoms with Gasteiger partial charge >= 0.3 is 0 Å². The SMILES string of the molecule is COc1ccc(F)c(CN2CCC[C@@]3(CCN(C(=O)c4ccsc4)C3)C2)c1. The van der Waals surface area contributed by atoms with E-state index in [4.69, 9.17) is 4.74 Å². The molecule has 0 N–H and O–H groups in total. The quantitative estimate of drug-likeness (QED) is 0.793. The Hall–Kier alpha value is -1.92. The highest BCUT2D eigenvalue weighted by Gasteiger charge is 2.42. The fraction of sp³-hybridized carbons (Fsp3) is 0.476.